The van der Waals surface area contributed by atoms with E-state index in [-0.39, 0.29) is 0 Å². The Hall–Kier alpha value is -0.500. The molecule has 0 spiro atoms. The number of hydrogen-bond acceptors (Lipinski definition) is 2. The lowest BCUT2D eigenvalue weighted by Crippen LogP contribution is -1.91. The standard InChI is InChI=1S/C8H14O2/c1-9-6-2-4-8-5-3-7-10-8/h5H,2-4,6-7H2,1H3. The van der Waals surface area contributed by atoms with E-state index in [1.54, 1.807) is 7.11 Å². The summed E-state index contributed by atoms with van der Waals surface area (Å²) in [4.78, 5) is 0. The first-order chi connectivity index (χ1) is 4.93. The molecule has 0 radical (unpaired) electrons. The maximum Gasteiger partial charge on any atom is 0.0922 e. The Morgan fingerprint density at radius 1 is 1.70 bits per heavy atom. The zero-order valence-electron chi connectivity index (χ0n) is 6.43. The van der Waals surface area contributed by atoms with Gasteiger partial charge in [-0.05, 0) is 12.5 Å². The second-order valence-electron chi connectivity index (χ2n) is 2.40. The molecule has 0 unspecified atom stereocenters. The average Bonchev–Trinajstić information content (AvgIpc) is 2.41. The van der Waals surface area contributed by atoms with Crippen LogP contribution in [0.5, 0.6) is 0 Å². The molecule has 0 aromatic rings. The van der Waals surface area contributed by atoms with Crippen LogP contribution in [0.15, 0.2) is 11.8 Å². The van der Waals surface area contributed by atoms with Gasteiger partial charge in [-0.1, -0.05) is 0 Å². The van der Waals surface area contributed by atoms with Crippen molar-refractivity contribution < 1.29 is 9.47 Å². The molecule has 2 heteroatoms. The monoisotopic (exact) mass is 142 g/mol. The molecule has 0 aliphatic carbocycles. The molecule has 0 N–H and O–H groups in total. The summed E-state index contributed by atoms with van der Waals surface area (Å²) in [5, 5.41) is 0. The Bertz CT molecular complexity index is 118. The van der Waals surface area contributed by atoms with Crippen LogP contribution in [0.3, 0.4) is 0 Å². The predicted molar refractivity (Wildman–Crippen MR) is 39.8 cm³/mol. The van der Waals surface area contributed by atoms with Crippen molar-refractivity contribution in [3.63, 3.8) is 0 Å². The van der Waals surface area contributed by atoms with Gasteiger partial charge in [-0.25, -0.2) is 0 Å². The Labute approximate surface area is 61.8 Å². The summed E-state index contributed by atoms with van der Waals surface area (Å²) in [7, 11) is 1.73. The van der Waals surface area contributed by atoms with E-state index in [1.165, 1.54) is 0 Å². The van der Waals surface area contributed by atoms with Crippen LogP contribution in [0.25, 0.3) is 0 Å². The SMILES string of the molecule is COCCCC1=CCCO1. The van der Waals surface area contributed by atoms with Gasteiger partial charge in [-0.2, -0.15) is 0 Å². The zero-order valence-corrected chi connectivity index (χ0v) is 6.43. The lowest BCUT2D eigenvalue weighted by atomic mass is 10.2. The smallest absolute Gasteiger partial charge is 0.0922 e. The summed E-state index contributed by atoms with van der Waals surface area (Å²) in [5.74, 6) is 1.15. The fourth-order valence-corrected chi connectivity index (χ4v) is 1.03. The number of methoxy groups -OCH3 is 1. The van der Waals surface area contributed by atoms with Crippen LogP contribution < -0.4 is 0 Å². The Morgan fingerprint density at radius 2 is 2.60 bits per heavy atom. The van der Waals surface area contributed by atoms with Crippen LogP contribution in [0, 0.1) is 0 Å². The van der Waals surface area contributed by atoms with Crippen LogP contribution in [-0.4, -0.2) is 20.3 Å². The molecule has 0 fully saturated rings. The molecule has 0 saturated carbocycles. The van der Waals surface area contributed by atoms with E-state index >= 15 is 0 Å². The molecule has 0 aromatic carbocycles. The molecule has 0 aromatic heterocycles. The summed E-state index contributed by atoms with van der Waals surface area (Å²) in [6.07, 6.45) is 5.36. The quantitative estimate of drug-likeness (QED) is 0.556. The first-order valence-corrected chi connectivity index (χ1v) is 3.74. The molecule has 1 rings (SSSR count). The highest BCUT2D eigenvalue weighted by Gasteiger charge is 2.03. The fraction of sp³-hybridized carbons (Fsp3) is 0.750. The highest BCUT2D eigenvalue weighted by Crippen LogP contribution is 2.14. The average molecular weight is 142 g/mol. The van der Waals surface area contributed by atoms with E-state index < -0.39 is 0 Å². The van der Waals surface area contributed by atoms with E-state index in [9.17, 15) is 0 Å². The van der Waals surface area contributed by atoms with Crippen molar-refractivity contribution >= 4 is 0 Å². The van der Waals surface area contributed by atoms with Crippen LogP contribution in [0.2, 0.25) is 0 Å². The van der Waals surface area contributed by atoms with E-state index in [0.29, 0.717) is 0 Å². The minimum absolute atomic E-state index is 0.834. The molecule has 1 aliphatic rings. The third kappa shape index (κ3) is 2.40. The molecule has 0 saturated heterocycles. The maximum absolute atomic E-state index is 5.31. The summed E-state index contributed by atoms with van der Waals surface area (Å²) in [6.45, 7) is 1.71. The highest BCUT2D eigenvalue weighted by atomic mass is 16.5. The third-order valence-electron chi connectivity index (χ3n) is 1.55. The molecule has 0 atom stereocenters. The van der Waals surface area contributed by atoms with Gasteiger partial charge in [0.15, 0.2) is 0 Å². The van der Waals surface area contributed by atoms with Gasteiger partial charge in [0.2, 0.25) is 0 Å². The van der Waals surface area contributed by atoms with E-state index in [2.05, 4.69) is 6.08 Å². The summed E-state index contributed by atoms with van der Waals surface area (Å²) >= 11 is 0. The minimum atomic E-state index is 0.834. The molecule has 1 heterocycles. The summed E-state index contributed by atoms with van der Waals surface area (Å²) in [6, 6.07) is 0. The van der Waals surface area contributed by atoms with Gasteiger partial charge in [0.05, 0.1) is 12.4 Å². The molecule has 1 aliphatic heterocycles. The Kier molecular flexibility index (Phi) is 3.30. The van der Waals surface area contributed by atoms with Gasteiger partial charge >= 0.3 is 0 Å². The van der Waals surface area contributed by atoms with Crippen LogP contribution >= 0.6 is 0 Å². The van der Waals surface area contributed by atoms with Crippen molar-refractivity contribution in [1.82, 2.24) is 0 Å². The van der Waals surface area contributed by atoms with E-state index in [1.807, 2.05) is 0 Å². The second-order valence-corrected chi connectivity index (χ2v) is 2.40. The molecular formula is C8H14O2. The van der Waals surface area contributed by atoms with Crippen molar-refractivity contribution in [2.45, 2.75) is 19.3 Å². The predicted octanol–water partition coefficient (Wildman–Crippen LogP) is 1.72. The van der Waals surface area contributed by atoms with Crippen molar-refractivity contribution in [2.75, 3.05) is 20.3 Å². The maximum atomic E-state index is 5.31. The number of ether oxygens (including phenoxy) is 2. The molecule has 10 heavy (non-hydrogen) atoms. The van der Waals surface area contributed by atoms with Gasteiger partial charge in [0.1, 0.15) is 0 Å². The molecule has 58 valence electrons. The molecule has 0 bridgehead atoms. The van der Waals surface area contributed by atoms with Crippen LogP contribution in [-0.2, 0) is 9.47 Å². The van der Waals surface area contributed by atoms with E-state index in [0.717, 1.165) is 38.2 Å². The first kappa shape index (κ1) is 7.61. The largest absolute Gasteiger partial charge is 0.498 e. The Morgan fingerprint density at radius 3 is 3.20 bits per heavy atom. The normalized spacial score (nSPS) is 16.7. The van der Waals surface area contributed by atoms with Crippen LogP contribution in [0.1, 0.15) is 19.3 Å². The molecule has 2 nitrogen and oxygen atoms in total. The third-order valence-corrected chi connectivity index (χ3v) is 1.55. The van der Waals surface area contributed by atoms with Gasteiger partial charge < -0.3 is 9.47 Å². The van der Waals surface area contributed by atoms with Crippen LogP contribution in [0.4, 0.5) is 0 Å². The molecule has 0 amide bonds. The van der Waals surface area contributed by atoms with Crippen molar-refractivity contribution in [2.24, 2.45) is 0 Å². The lowest BCUT2D eigenvalue weighted by molar-refractivity contribution is 0.181. The number of rotatable bonds is 4. The first-order valence-electron chi connectivity index (χ1n) is 3.74. The lowest BCUT2D eigenvalue weighted by Gasteiger charge is -2.01. The topological polar surface area (TPSA) is 18.5 Å². The highest BCUT2D eigenvalue weighted by molar-refractivity contribution is 4.97. The van der Waals surface area contributed by atoms with E-state index in [4.69, 9.17) is 9.47 Å². The number of hydrogen-bond donors (Lipinski definition) is 0. The Balaban J connectivity index is 2.01. The summed E-state index contributed by atoms with van der Waals surface area (Å²) < 4.78 is 10.2. The van der Waals surface area contributed by atoms with Gasteiger partial charge in [0.25, 0.3) is 0 Å². The summed E-state index contributed by atoms with van der Waals surface area (Å²) in [5.41, 5.74) is 0. The van der Waals surface area contributed by atoms with Crippen molar-refractivity contribution in [1.29, 1.82) is 0 Å². The zero-order chi connectivity index (χ0) is 7.23. The van der Waals surface area contributed by atoms with Crippen molar-refractivity contribution in [3.8, 4) is 0 Å². The number of allylic oxidation sites excluding steroid dienone is 1. The van der Waals surface area contributed by atoms with Crippen molar-refractivity contribution in [3.05, 3.63) is 11.8 Å². The second kappa shape index (κ2) is 4.34. The van der Waals surface area contributed by atoms with Gasteiger partial charge in [0, 0.05) is 26.6 Å². The van der Waals surface area contributed by atoms with Gasteiger partial charge in [-0.15, -0.1) is 0 Å². The van der Waals surface area contributed by atoms with Gasteiger partial charge in [-0.3, -0.25) is 0 Å². The molecular weight excluding hydrogens is 128 g/mol. The fourth-order valence-electron chi connectivity index (χ4n) is 1.03. The minimum Gasteiger partial charge on any atom is -0.498 e.